The fourth-order valence-electron chi connectivity index (χ4n) is 13.3. The number of allylic oxidation sites excluding steroid dienone is 15. The number of hydrogen-bond donors (Lipinski definition) is 9. The molecule has 0 spiro atoms. The zero-order valence-corrected chi connectivity index (χ0v) is 63.7. The summed E-state index contributed by atoms with van der Waals surface area (Å²) in [5.41, 5.74) is 0. The van der Waals surface area contributed by atoms with Gasteiger partial charge in [-0.25, -0.2) is 0 Å². The lowest BCUT2D eigenvalue weighted by Gasteiger charge is -2.46. The first-order chi connectivity index (χ1) is 49.1. The quantitative estimate of drug-likeness (QED) is 0.0204. The molecule has 1 amide bonds. The monoisotopic (exact) mass is 1410 g/mol. The van der Waals surface area contributed by atoms with Crippen LogP contribution in [0.4, 0.5) is 0 Å². The summed E-state index contributed by atoms with van der Waals surface area (Å²) in [5.74, 6) is -0.247. The van der Waals surface area contributed by atoms with Crippen molar-refractivity contribution in [3.8, 4) is 0 Å². The lowest BCUT2D eigenvalue weighted by molar-refractivity contribution is -0.359. The number of hydrogen-bond acceptors (Lipinski definition) is 13. The molecule has 14 nitrogen and oxygen atoms in total. The van der Waals surface area contributed by atoms with Gasteiger partial charge in [-0.3, -0.25) is 4.79 Å². The van der Waals surface area contributed by atoms with Crippen molar-refractivity contribution in [2.75, 3.05) is 19.8 Å². The lowest BCUT2D eigenvalue weighted by atomic mass is 9.97. The van der Waals surface area contributed by atoms with Gasteiger partial charge in [-0.15, -0.1) is 0 Å². The molecule has 0 saturated carbocycles. The van der Waals surface area contributed by atoms with Crippen molar-refractivity contribution in [2.45, 2.75) is 421 Å². The molecule has 2 aliphatic rings. The number of ether oxygens (including phenoxy) is 4. The average Bonchev–Trinajstić information content (AvgIpc) is 0.790. The molecule has 0 aliphatic carbocycles. The highest BCUT2D eigenvalue weighted by Crippen LogP contribution is 2.30. The smallest absolute Gasteiger partial charge is 0.220 e. The van der Waals surface area contributed by atoms with Crippen LogP contribution in [0.1, 0.15) is 348 Å². The Morgan fingerprint density at radius 2 is 0.700 bits per heavy atom. The van der Waals surface area contributed by atoms with Crippen LogP contribution in [0.15, 0.2) is 97.2 Å². The van der Waals surface area contributed by atoms with Gasteiger partial charge in [-0.1, -0.05) is 355 Å². The van der Waals surface area contributed by atoms with Crippen molar-refractivity contribution in [1.82, 2.24) is 5.32 Å². The molecule has 2 aliphatic heterocycles. The molecule has 0 aromatic heterocycles. The van der Waals surface area contributed by atoms with Crippen molar-refractivity contribution in [3.63, 3.8) is 0 Å². The van der Waals surface area contributed by atoms with Crippen LogP contribution in [0, 0.1) is 0 Å². The Morgan fingerprint density at radius 3 is 1.10 bits per heavy atom. The number of aliphatic hydroxyl groups is 8. The van der Waals surface area contributed by atoms with E-state index >= 15 is 0 Å². The Hall–Kier alpha value is -3.09. The molecule has 0 aromatic rings. The summed E-state index contributed by atoms with van der Waals surface area (Å²) in [4.78, 5) is 13.4. The highest BCUT2D eigenvalue weighted by atomic mass is 16.7. The van der Waals surface area contributed by atoms with Gasteiger partial charge >= 0.3 is 0 Å². The van der Waals surface area contributed by atoms with Gasteiger partial charge in [0, 0.05) is 6.42 Å². The van der Waals surface area contributed by atoms with Crippen LogP contribution in [0.5, 0.6) is 0 Å². The second-order valence-corrected chi connectivity index (χ2v) is 28.9. The molecule has 100 heavy (non-hydrogen) atoms. The lowest BCUT2D eigenvalue weighted by Crippen LogP contribution is -2.65. The molecule has 580 valence electrons. The minimum absolute atomic E-state index is 0.247. The number of aliphatic hydroxyl groups excluding tert-OH is 8. The molecule has 12 unspecified atom stereocenters. The van der Waals surface area contributed by atoms with Crippen molar-refractivity contribution in [1.29, 1.82) is 0 Å². The second kappa shape index (κ2) is 69.0. The topological polar surface area (TPSA) is 228 Å². The third kappa shape index (κ3) is 51.2. The van der Waals surface area contributed by atoms with Crippen LogP contribution in [0.3, 0.4) is 0 Å². The van der Waals surface area contributed by atoms with Crippen molar-refractivity contribution in [2.24, 2.45) is 0 Å². The van der Waals surface area contributed by atoms with Crippen LogP contribution in [-0.4, -0.2) is 140 Å². The molecule has 12 atom stereocenters. The van der Waals surface area contributed by atoms with Crippen molar-refractivity contribution >= 4 is 5.91 Å². The molecule has 2 fully saturated rings. The van der Waals surface area contributed by atoms with E-state index in [1.807, 2.05) is 6.08 Å². The SMILES string of the molecule is CC/C=C\C/C=C\C/C=C\C/C=C\C/C=C\C/C=C\CCCCCCCCCCCCCCCCCCC(=O)NC(COC1OC(CO)C(OC2OC(CO)C(O)C(O)C2O)C(O)C1O)C(O)/C=C/CC/C=C/CCCCCCCCCCCCCCCCCCCCCCCCCCC. The molecule has 2 heterocycles. The summed E-state index contributed by atoms with van der Waals surface area (Å²) >= 11 is 0. The maximum absolute atomic E-state index is 13.4. The Morgan fingerprint density at radius 1 is 0.370 bits per heavy atom. The Balaban J connectivity index is 1.62. The number of nitrogens with one attached hydrogen (secondary N) is 1. The minimum atomic E-state index is -1.80. The van der Waals surface area contributed by atoms with Gasteiger partial charge in [0.05, 0.1) is 32.0 Å². The average molecular weight is 1410 g/mol. The van der Waals surface area contributed by atoms with Crippen molar-refractivity contribution in [3.05, 3.63) is 97.2 Å². The molecule has 2 rings (SSSR count). The summed E-state index contributed by atoms with van der Waals surface area (Å²) in [6.45, 7) is 2.71. The van der Waals surface area contributed by atoms with Gasteiger partial charge in [-0.05, 0) is 83.5 Å². The number of rotatable bonds is 69. The summed E-state index contributed by atoms with van der Waals surface area (Å²) in [6, 6.07) is -0.938. The first kappa shape index (κ1) is 93.0. The molecule has 2 saturated heterocycles. The van der Waals surface area contributed by atoms with Gasteiger partial charge in [0.2, 0.25) is 5.91 Å². The van der Waals surface area contributed by atoms with Gasteiger partial charge in [0.1, 0.15) is 48.8 Å². The maximum Gasteiger partial charge on any atom is 0.220 e. The van der Waals surface area contributed by atoms with E-state index in [0.717, 1.165) is 70.6 Å². The molecule has 14 heteroatoms. The van der Waals surface area contributed by atoms with Gasteiger partial charge in [-0.2, -0.15) is 0 Å². The van der Waals surface area contributed by atoms with E-state index in [2.05, 4.69) is 104 Å². The number of amides is 1. The van der Waals surface area contributed by atoms with Gasteiger partial charge in [0.15, 0.2) is 12.6 Å². The molecule has 9 N–H and O–H groups in total. The van der Waals surface area contributed by atoms with Crippen LogP contribution in [-0.2, 0) is 23.7 Å². The van der Waals surface area contributed by atoms with E-state index in [9.17, 15) is 45.6 Å². The third-order valence-corrected chi connectivity index (χ3v) is 19.8. The minimum Gasteiger partial charge on any atom is -0.394 e. The molecule has 0 aromatic carbocycles. The Labute approximate surface area is 611 Å². The fraction of sp³-hybridized carbons (Fsp3) is 0.802. The van der Waals surface area contributed by atoms with E-state index in [-0.39, 0.29) is 18.9 Å². The van der Waals surface area contributed by atoms with Gasteiger partial charge < -0.3 is 65.1 Å². The van der Waals surface area contributed by atoms with Crippen molar-refractivity contribution < 1.29 is 64.6 Å². The largest absolute Gasteiger partial charge is 0.394 e. The molecular formula is C86H153NO13. The standard InChI is InChI=1S/C86H153NO13/c1-3-5-7-9-11-13-15-17-19-21-23-25-27-29-31-33-35-36-37-38-40-42-44-46-48-50-52-54-56-58-60-62-64-66-68-70-78(91)87-74(73-97-85-83(96)81(94)84(77(72-89)99-85)100-86-82(95)80(93)79(92)76(71-88)98-86)75(90)69-67-65-63-61-59-57-55-53-51-49-47-45-43-41-39-34-32-30-28-26-24-22-20-18-16-14-12-10-8-6-4-2/h5,7,11,13,17,19,23,25,29,31,35-36,59,61,67,69,74-77,79-86,88-90,92-96H,3-4,6,8-10,12,14-16,18,20-22,24,26-28,30,32-34,37-58,60,62-66,68,70-73H2,1-2H3,(H,87,91)/b7-5-,13-11-,19-17-,25-23-,31-29-,36-35-,61-59+,69-67+. The van der Waals surface area contributed by atoms with E-state index in [1.165, 1.54) is 244 Å². The van der Waals surface area contributed by atoms with E-state index < -0.39 is 86.8 Å². The van der Waals surface area contributed by atoms with Crippen LogP contribution in [0.2, 0.25) is 0 Å². The number of carbonyl (C=O) groups excluding carboxylic acids is 1. The van der Waals surface area contributed by atoms with Crippen LogP contribution >= 0.6 is 0 Å². The second-order valence-electron chi connectivity index (χ2n) is 28.9. The number of unbranched alkanes of at least 4 members (excludes halogenated alkanes) is 42. The highest BCUT2D eigenvalue weighted by molar-refractivity contribution is 5.76. The molecule has 0 radical (unpaired) electrons. The van der Waals surface area contributed by atoms with E-state index in [0.29, 0.717) is 12.8 Å². The summed E-state index contributed by atoms with van der Waals surface area (Å²) < 4.78 is 22.9. The fourth-order valence-corrected chi connectivity index (χ4v) is 13.3. The van der Waals surface area contributed by atoms with E-state index in [4.69, 9.17) is 18.9 Å². The van der Waals surface area contributed by atoms with Gasteiger partial charge in [0.25, 0.3) is 0 Å². The highest BCUT2D eigenvalue weighted by Gasteiger charge is 2.51. The summed E-state index contributed by atoms with van der Waals surface area (Å²) in [5, 5.41) is 87.7. The Bertz CT molecular complexity index is 2050. The Kier molecular flexibility index (Phi) is 64.1. The normalized spacial score (nSPS) is 22.3. The predicted molar refractivity (Wildman–Crippen MR) is 415 cm³/mol. The maximum atomic E-state index is 13.4. The summed E-state index contributed by atoms with van der Waals surface area (Å²) in [7, 11) is 0. The van der Waals surface area contributed by atoms with Crippen LogP contribution < -0.4 is 5.32 Å². The van der Waals surface area contributed by atoms with E-state index in [1.54, 1.807) is 6.08 Å². The third-order valence-electron chi connectivity index (χ3n) is 19.8. The zero-order valence-electron chi connectivity index (χ0n) is 63.7. The predicted octanol–water partition coefficient (Wildman–Crippen LogP) is 19.2. The molecule has 0 bridgehead atoms. The number of carbonyl (C=O) groups is 1. The summed E-state index contributed by atoms with van der Waals surface area (Å²) in [6.07, 6.45) is 82.1. The zero-order chi connectivity index (χ0) is 72.2. The first-order valence-corrected chi connectivity index (χ1v) is 41.5. The molecular weight excluding hydrogens is 1250 g/mol. The first-order valence-electron chi connectivity index (χ1n) is 41.5. The van der Waals surface area contributed by atoms with Crippen LogP contribution in [0.25, 0.3) is 0 Å².